The Morgan fingerprint density at radius 1 is 1.38 bits per heavy atom. The fraction of sp³-hybridized carbons (Fsp3) is 0.545. The first kappa shape index (κ1) is 8.54. The Hall–Kier alpha value is -1.05. The second kappa shape index (κ2) is 3.77. The average molecular weight is 178 g/mol. The van der Waals surface area contributed by atoms with E-state index < -0.39 is 0 Å². The molecule has 13 heavy (non-hydrogen) atoms. The van der Waals surface area contributed by atoms with Crippen LogP contribution in [0.3, 0.4) is 0 Å². The maximum Gasteiger partial charge on any atom is 0.197 e. The number of ketones is 1. The van der Waals surface area contributed by atoms with Crippen molar-refractivity contribution < 1.29 is 9.53 Å². The van der Waals surface area contributed by atoms with Gasteiger partial charge in [-0.25, -0.2) is 0 Å². The van der Waals surface area contributed by atoms with Crippen molar-refractivity contribution in [3.8, 4) is 0 Å². The molecule has 0 aliphatic heterocycles. The van der Waals surface area contributed by atoms with E-state index in [-0.39, 0.29) is 11.9 Å². The minimum absolute atomic E-state index is 0.147. The lowest BCUT2D eigenvalue weighted by Crippen LogP contribution is -2.15. The molecule has 0 N–H and O–H groups in total. The molecule has 0 unspecified atom stereocenters. The predicted octanol–water partition coefficient (Wildman–Crippen LogP) is 2.36. The Bertz CT molecular complexity index is 263. The quantitative estimate of drug-likeness (QED) is 0.607. The van der Waals surface area contributed by atoms with Gasteiger partial charge < -0.3 is 4.74 Å². The summed E-state index contributed by atoms with van der Waals surface area (Å²) < 4.78 is 5.59. The summed E-state index contributed by atoms with van der Waals surface area (Å²) in [5, 5.41) is 0. The van der Waals surface area contributed by atoms with Crippen LogP contribution in [0.15, 0.2) is 24.0 Å². The van der Waals surface area contributed by atoms with Crippen molar-refractivity contribution in [2.45, 2.75) is 38.2 Å². The predicted molar refractivity (Wildman–Crippen MR) is 50.2 cm³/mol. The summed E-state index contributed by atoms with van der Waals surface area (Å²) in [5.74, 6) is 0.773. The van der Waals surface area contributed by atoms with Crippen LogP contribution in [-0.2, 0) is 9.53 Å². The third-order valence-corrected chi connectivity index (χ3v) is 2.46. The van der Waals surface area contributed by atoms with Crippen LogP contribution in [0.5, 0.6) is 0 Å². The Balaban J connectivity index is 1.96. The maximum atomic E-state index is 11.4. The highest BCUT2D eigenvalue weighted by molar-refractivity contribution is 5.94. The van der Waals surface area contributed by atoms with E-state index in [1.807, 2.05) is 12.2 Å². The van der Waals surface area contributed by atoms with Crippen molar-refractivity contribution in [1.29, 1.82) is 0 Å². The van der Waals surface area contributed by atoms with Gasteiger partial charge in [-0.3, -0.25) is 4.79 Å². The van der Waals surface area contributed by atoms with Crippen LogP contribution in [0.25, 0.3) is 0 Å². The summed E-state index contributed by atoms with van der Waals surface area (Å²) in [5.41, 5.74) is 0. The number of hydrogen-bond donors (Lipinski definition) is 0. The second-order valence-corrected chi connectivity index (χ2v) is 3.55. The van der Waals surface area contributed by atoms with Gasteiger partial charge in [0.1, 0.15) is 6.10 Å². The molecule has 2 nitrogen and oxygen atoms in total. The molecule has 0 heterocycles. The fourth-order valence-electron chi connectivity index (χ4n) is 1.71. The molecule has 0 aromatic heterocycles. The minimum Gasteiger partial charge on any atom is -0.483 e. The summed E-state index contributed by atoms with van der Waals surface area (Å²) >= 11 is 0. The molecule has 70 valence electrons. The molecule has 0 amide bonds. The number of carbonyl (C=O) groups excluding carboxylic acids is 1. The molecule has 1 atom stereocenters. The first-order chi connectivity index (χ1) is 6.36. The molecule has 2 aliphatic carbocycles. The number of hydrogen-bond acceptors (Lipinski definition) is 2. The van der Waals surface area contributed by atoms with E-state index in [4.69, 9.17) is 4.74 Å². The molecule has 0 bridgehead atoms. The lowest BCUT2D eigenvalue weighted by atomic mass is 10.1. The number of rotatable bonds is 2. The molecular weight excluding hydrogens is 164 g/mol. The van der Waals surface area contributed by atoms with Crippen LogP contribution < -0.4 is 0 Å². The van der Waals surface area contributed by atoms with Gasteiger partial charge in [-0.1, -0.05) is 6.08 Å². The van der Waals surface area contributed by atoms with E-state index in [1.165, 1.54) is 0 Å². The number of ether oxygens (including phenoxy) is 1. The van der Waals surface area contributed by atoms with Crippen molar-refractivity contribution in [1.82, 2.24) is 0 Å². The zero-order chi connectivity index (χ0) is 9.10. The third-order valence-electron chi connectivity index (χ3n) is 2.46. The molecule has 0 fully saturated rings. The monoisotopic (exact) mass is 178 g/mol. The van der Waals surface area contributed by atoms with Crippen LogP contribution in [0.1, 0.15) is 32.1 Å². The van der Waals surface area contributed by atoms with Crippen LogP contribution >= 0.6 is 0 Å². The molecule has 2 heteroatoms. The van der Waals surface area contributed by atoms with Gasteiger partial charge in [-0.05, 0) is 37.8 Å². The van der Waals surface area contributed by atoms with E-state index >= 15 is 0 Å². The van der Waals surface area contributed by atoms with Gasteiger partial charge in [0.15, 0.2) is 11.5 Å². The highest BCUT2D eigenvalue weighted by Crippen LogP contribution is 2.21. The summed E-state index contributed by atoms with van der Waals surface area (Å²) in [4.78, 5) is 11.4. The Kier molecular flexibility index (Phi) is 2.48. The average Bonchev–Trinajstić information content (AvgIpc) is 2.61. The minimum atomic E-state index is 0.147. The van der Waals surface area contributed by atoms with Gasteiger partial charge >= 0.3 is 0 Å². The van der Waals surface area contributed by atoms with Gasteiger partial charge in [0.25, 0.3) is 0 Å². The fourth-order valence-corrected chi connectivity index (χ4v) is 1.71. The molecule has 2 rings (SSSR count). The van der Waals surface area contributed by atoms with E-state index in [1.54, 1.807) is 0 Å². The second-order valence-electron chi connectivity index (χ2n) is 3.55. The van der Waals surface area contributed by atoms with Crippen molar-refractivity contribution >= 4 is 5.78 Å². The standard InChI is InChI=1S/C11H14O2/c12-10-7-3-4-8-11(10)13-9-5-1-2-6-9/h1,5,8-9H,2-4,6-7H2/t9-/m1/s1. The Labute approximate surface area is 78.3 Å². The lowest BCUT2D eigenvalue weighted by Gasteiger charge is -2.16. The van der Waals surface area contributed by atoms with E-state index in [9.17, 15) is 4.79 Å². The molecule has 2 aliphatic rings. The van der Waals surface area contributed by atoms with Crippen molar-refractivity contribution in [3.63, 3.8) is 0 Å². The van der Waals surface area contributed by atoms with Crippen molar-refractivity contribution in [3.05, 3.63) is 24.0 Å². The van der Waals surface area contributed by atoms with Crippen LogP contribution in [-0.4, -0.2) is 11.9 Å². The first-order valence-electron chi connectivity index (χ1n) is 4.93. The SMILES string of the molecule is O=C1CCCC=C1O[C@@H]1C=CCC1. The Morgan fingerprint density at radius 2 is 2.31 bits per heavy atom. The van der Waals surface area contributed by atoms with Crippen LogP contribution in [0, 0.1) is 0 Å². The molecule has 0 aromatic rings. The molecular formula is C11H14O2. The topological polar surface area (TPSA) is 26.3 Å². The smallest absolute Gasteiger partial charge is 0.197 e. The first-order valence-corrected chi connectivity index (χ1v) is 4.93. The normalized spacial score (nSPS) is 27.5. The molecule has 0 aromatic carbocycles. The van der Waals surface area contributed by atoms with E-state index in [2.05, 4.69) is 6.08 Å². The highest BCUT2D eigenvalue weighted by Gasteiger charge is 2.19. The largest absolute Gasteiger partial charge is 0.483 e. The summed E-state index contributed by atoms with van der Waals surface area (Å²) in [6, 6.07) is 0. The summed E-state index contributed by atoms with van der Waals surface area (Å²) in [7, 11) is 0. The zero-order valence-electron chi connectivity index (χ0n) is 7.66. The van der Waals surface area contributed by atoms with Crippen LogP contribution in [0.2, 0.25) is 0 Å². The van der Waals surface area contributed by atoms with Gasteiger partial charge in [0.2, 0.25) is 0 Å². The number of allylic oxidation sites excluding steroid dienone is 3. The van der Waals surface area contributed by atoms with Gasteiger partial charge in [0, 0.05) is 6.42 Å². The molecule has 0 saturated heterocycles. The number of Topliss-reactive ketones (excluding diaryl/α,β-unsaturated/α-hetero) is 1. The van der Waals surface area contributed by atoms with E-state index in [0.717, 1.165) is 25.7 Å². The Morgan fingerprint density at radius 3 is 3.00 bits per heavy atom. The summed E-state index contributed by atoms with van der Waals surface area (Å²) in [6.07, 6.45) is 10.9. The highest BCUT2D eigenvalue weighted by atomic mass is 16.5. The molecule has 0 spiro atoms. The lowest BCUT2D eigenvalue weighted by molar-refractivity contribution is -0.120. The summed E-state index contributed by atoms with van der Waals surface area (Å²) in [6.45, 7) is 0. The van der Waals surface area contributed by atoms with Crippen molar-refractivity contribution in [2.24, 2.45) is 0 Å². The van der Waals surface area contributed by atoms with Gasteiger partial charge in [0.05, 0.1) is 0 Å². The molecule has 0 saturated carbocycles. The van der Waals surface area contributed by atoms with Crippen LogP contribution in [0.4, 0.5) is 0 Å². The maximum absolute atomic E-state index is 11.4. The van der Waals surface area contributed by atoms with E-state index in [0.29, 0.717) is 12.2 Å². The number of carbonyl (C=O) groups is 1. The van der Waals surface area contributed by atoms with Gasteiger partial charge in [-0.2, -0.15) is 0 Å². The van der Waals surface area contributed by atoms with Gasteiger partial charge in [-0.15, -0.1) is 0 Å². The molecule has 0 radical (unpaired) electrons. The third kappa shape index (κ3) is 2.00. The zero-order valence-corrected chi connectivity index (χ0v) is 7.66. The van der Waals surface area contributed by atoms with Crippen molar-refractivity contribution in [2.75, 3.05) is 0 Å².